The molecule has 2 amide bonds. The van der Waals surface area contributed by atoms with Crippen LogP contribution in [0.1, 0.15) is 49.1 Å². The van der Waals surface area contributed by atoms with Crippen LogP contribution in [0.15, 0.2) is 76.0 Å². The first-order valence-corrected chi connectivity index (χ1v) is 13.4. The van der Waals surface area contributed by atoms with Crippen LogP contribution in [0, 0.1) is 0 Å². The maximum Gasteiger partial charge on any atom is 0.287 e. The average Bonchev–Trinajstić information content (AvgIpc) is 3.65. The van der Waals surface area contributed by atoms with E-state index < -0.39 is 17.5 Å². The largest absolute Gasteiger partial charge is 0.451 e. The van der Waals surface area contributed by atoms with Crippen LogP contribution in [-0.4, -0.2) is 47.3 Å². The van der Waals surface area contributed by atoms with Gasteiger partial charge in [0.15, 0.2) is 23.7 Å². The number of anilines is 1. The van der Waals surface area contributed by atoms with E-state index in [9.17, 15) is 14.4 Å². The van der Waals surface area contributed by atoms with E-state index in [1.165, 1.54) is 6.39 Å². The lowest BCUT2D eigenvalue weighted by molar-refractivity contribution is -0.133. The summed E-state index contributed by atoms with van der Waals surface area (Å²) < 4.78 is 11.2. The Balaban J connectivity index is 1.15. The molecule has 1 aliphatic carbocycles. The Morgan fingerprint density at radius 2 is 1.82 bits per heavy atom. The molecule has 0 spiro atoms. The van der Waals surface area contributed by atoms with Crippen molar-refractivity contribution in [2.75, 3.05) is 18.0 Å². The Hall–Kier alpha value is -4.40. The molecular formula is C30H30N4O5. The zero-order valence-corrected chi connectivity index (χ0v) is 21.5. The van der Waals surface area contributed by atoms with Crippen LogP contribution in [0.3, 0.4) is 0 Å². The van der Waals surface area contributed by atoms with Gasteiger partial charge in [-0.05, 0) is 43.5 Å². The summed E-state index contributed by atoms with van der Waals surface area (Å²) in [6.07, 6.45) is 7.16. The molecule has 2 fully saturated rings. The second-order valence-corrected chi connectivity index (χ2v) is 10.3. The molecule has 39 heavy (non-hydrogen) atoms. The Labute approximate surface area is 225 Å². The quantitative estimate of drug-likeness (QED) is 0.380. The van der Waals surface area contributed by atoms with Gasteiger partial charge in [0.1, 0.15) is 11.1 Å². The number of nitrogens with one attached hydrogen (secondary N) is 2. The molecule has 2 N–H and O–H groups in total. The van der Waals surface area contributed by atoms with Gasteiger partial charge in [0.2, 0.25) is 5.91 Å². The molecule has 200 valence electrons. The number of Topliss-reactive ketones (excluding diaryl/α,β-unsaturated/α-hetero) is 1. The molecule has 0 bridgehead atoms. The third kappa shape index (κ3) is 4.92. The number of nitrogens with zero attached hydrogens (tertiary/aromatic N) is 2. The Morgan fingerprint density at radius 3 is 2.59 bits per heavy atom. The fourth-order valence-electron chi connectivity index (χ4n) is 5.72. The van der Waals surface area contributed by atoms with Crippen molar-refractivity contribution in [1.82, 2.24) is 15.6 Å². The van der Waals surface area contributed by atoms with E-state index >= 15 is 0 Å². The topological polar surface area (TPSA) is 118 Å². The first kappa shape index (κ1) is 24.9. The minimum absolute atomic E-state index is 0.0726. The molecule has 0 radical (unpaired) electrons. The van der Waals surface area contributed by atoms with Crippen molar-refractivity contribution in [3.8, 4) is 11.3 Å². The van der Waals surface area contributed by atoms with Gasteiger partial charge in [-0.2, -0.15) is 0 Å². The van der Waals surface area contributed by atoms with Gasteiger partial charge in [-0.25, -0.2) is 4.98 Å². The zero-order chi connectivity index (χ0) is 26.8. The molecule has 2 aromatic heterocycles. The van der Waals surface area contributed by atoms with Gasteiger partial charge in [0.05, 0.1) is 18.8 Å². The van der Waals surface area contributed by atoms with E-state index in [2.05, 4.69) is 15.6 Å². The normalized spacial score (nSPS) is 19.1. The molecule has 1 aliphatic heterocycles. The summed E-state index contributed by atoms with van der Waals surface area (Å²) in [7, 11) is 0. The number of hydrogen-bond acceptors (Lipinski definition) is 7. The smallest absolute Gasteiger partial charge is 0.287 e. The van der Waals surface area contributed by atoms with E-state index in [1.807, 2.05) is 47.4 Å². The fraction of sp³-hybridized carbons (Fsp3) is 0.333. The fourth-order valence-corrected chi connectivity index (χ4v) is 5.72. The van der Waals surface area contributed by atoms with Crippen LogP contribution >= 0.6 is 0 Å². The van der Waals surface area contributed by atoms with Gasteiger partial charge in [-0.1, -0.05) is 49.6 Å². The van der Waals surface area contributed by atoms with E-state index in [1.54, 1.807) is 18.3 Å². The van der Waals surface area contributed by atoms with Crippen molar-refractivity contribution in [2.24, 2.45) is 0 Å². The van der Waals surface area contributed by atoms with E-state index in [0.29, 0.717) is 37.2 Å². The number of rotatable bonds is 6. The van der Waals surface area contributed by atoms with Crippen molar-refractivity contribution in [3.63, 3.8) is 0 Å². The molecule has 2 aromatic carbocycles. The van der Waals surface area contributed by atoms with Crippen LogP contribution in [-0.2, 0) is 9.59 Å². The molecule has 1 atom stereocenters. The molecule has 9 heteroatoms. The maximum absolute atomic E-state index is 13.7. The van der Waals surface area contributed by atoms with Gasteiger partial charge in [-0.3, -0.25) is 14.4 Å². The summed E-state index contributed by atoms with van der Waals surface area (Å²) in [6, 6.07) is 16.2. The molecule has 9 nitrogen and oxygen atoms in total. The molecule has 1 unspecified atom stereocenters. The van der Waals surface area contributed by atoms with Crippen LogP contribution in [0.4, 0.5) is 5.69 Å². The second kappa shape index (κ2) is 10.4. The average molecular weight is 527 g/mol. The minimum Gasteiger partial charge on any atom is -0.451 e. The molecule has 4 aromatic rings. The highest BCUT2D eigenvalue weighted by Crippen LogP contribution is 2.33. The Kier molecular flexibility index (Phi) is 6.64. The molecular weight excluding hydrogens is 496 g/mol. The van der Waals surface area contributed by atoms with Crippen LogP contribution in [0.5, 0.6) is 0 Å². The van der Waals surface area contributed by atoms with Gasteiger partial charge in [0.25, 0.3) is 5.91 Å². The first-order chi connectivity index (χ1) is 19.0. The number of furan rings is 1. The lowest BCUT2D eigenvalue weighted by atomic mass is 9.80. The summed E-state index contributed by atoms with van der Waals surface area (Å²) in [5, 5.41) is 6.80. The predicted octanol–water partition coefficient (Wildman–Crippen LogP) is 4.48. The highest BCUT2D eigenvalue weighted by Gasteiger charge is 2.43. The second-order valence-electron chi connectivity index (χ2n) is 10.3. The van der Waals surface area contributed by atoms with Crippen LogP contribution in [0.2, 0.25) is 0 Å². The first-order valence-electron chi connectivity index (χ1n) is 13.4. The molecule has 6 rings (SSSR count). The third-order valence-corrected chi connectivity index (χ3v) is 7.81. The lowest BCUT2D eigenvalue weighted by Crippen LogP contribution is -2.63. The monoisotopic (exact) mass is 526 g/mol. The van der Waals surface area contributed by atoms with Gasteiger partial charge in [0, 0.05) is 23.2 Å². The maximum atomic E-state index is 13.7. The number of carbonyl (C=O) groups is 3. The van der Waals surface area contributed by atoms with Crippen LogP contribution < -0.4 is 15.5 Å². The van der Waals surface area contributed by atoms with E-state index in [-0.39, 0.29) is 24.0 Å². The van der Waals surface area contributed by atoms with Gasteiger partial charge in [-0.15, -0.1) is 0 Å². The van der Waals surface area contributed by atoms with E-state index in [0.717, 1.165) is 35.9 Å². The number of oxazole rings is 1. The van der Waals surface area contributed by atoms with Crippen molar-refractivity contribution in [2.45, 2.75) is 50.1 Å². The SMILES string of the molecule is O=C(NC1(C(=O)NC2CCN(c3ccccc3-c3cnco3)CC2=O)CCCCC1)c1cc2ccccc2o1. The molecule has 3 heterocycles. The summed E-state index contributed by atoms with van der Waals surface area (Å²) in [4.78, 5) is 46.2. The van der Waals surface area contributed by atoms with Gasteiger partial charge < -0.3 is 24.4 Å². The molecule has 1 saturated carbocycles. The molecule has 1 saturated heterocycles. The van der Waals surface area contributed by atoms with E-state index in [4.69, 9.17) is 8.83 Å². The van der Waals surface area contributed by atoms with Crippen molar-refractivity contribution < 1.29 is 23.2 Å². The summed E-state index contributed by atoms with van der Waals surface area (Å²) in [5.41, 5.74) is 1.28. The standard InChI is InChI=1S/C30H30N4O5/c35-24-18-34(23-10-4-3-9-21(23)27-17-31-19-38-27)15-12-22(24)32-29(37)30(13-6-1-7-14-30)33-28(36)26-16-20-8-2-5-11-25(20)39-26/h2-5,8-11,16-17,19,22H,1,6-7,12-15,18H2,(H,32,37)(H,33,36). The van der Waals surface area contributed by atoms with Gasteiger partial charge >= 0.3 is 0 Å². The number of ketones is 1. The summed E-state index contributed by atoms with van der Waals surface area (Å²) in [6.45, 7) is 0.745. The highest BCUT2D eigenvalue weighted by atomic mass is 16.3. The number of aromatic nitrogens is 1. The van der Waals surface area contributed by atoms with Crippen LogP contribution in [0.25, 0.3) is 22.3 Å². The minimum atomic E-state index is -1.08. The number of benzene rings is 2. The number of fused-ring (bicyclic) bond motifs is 1. The number of amides is 2. The Bertz CT molecular complexity index is 1470. The number of para-hydroxylation sites is 2. The van der Waals surface area contributed by atoms with Crippen molar-refractivity contribution >= 4 is 34.3 Å². The van der Waals surface area contributed by atoms with Crippen molar-refractivity contribution in [3.05, 3.63) is 72.9 Å². The van der Waals surface area contributed by atoms with Crippen molar-refractivity contribution in [1.29, 1.82) is 0 Å². The summed E-state index contributed by atoms with van der Waals surface area (Å²) in [5.74, 6) is 0.00199. The molecule has 2 aliphatic rings. The number of carbonyl (C=O) groups excluding carboxylic acids is 3. The Morgan fingerprint density at radius 1 is 1.03 bits per heavy atom. The third-order valence-electron chi connectivity index (χ3n) is 7.81. The summed E-state index contributed by atoms with van der Waals surface area (Å²) >= 11 is 0. The predicted molar refractivity (Wildman–Crippen MR) is 145 cm³/mol. The zero-order valence-electron chi connectivity index (χ0n) is 21.5. The highest BCUT2D eigenvalue weighted by molar-refractivity contribution is 6.01. The lowest BCUT2D eigenvalue weighted by Gasteiger charge is -2.39. The number of piperidine rings is 1. The number of hydrogen-bond donors (Lipinski definition) is 2.